The molecule has 0 radical (unpaired) electrons. The molecule has 1 heterocycles. The molecule has 4 aromatic rings. The molecule has 10 heteroatoms. The maximum atomic E-state index is 13.2. The van der Waals surface area contributed by atoms with E-state index >= 15 is 0 Å². The zero-order valence-electron chi connectivity index (χ0n) is 18.4. The smallest absolute Gasteiger partial charge is 0.271 e. The molecule has 1 atom stereocenters. The number of nitrogens with one attached hydrogen (secondary N) is 1. The highest BCUT2D eigenvalue weighted by molar-refractivity contribution is 7.99. The highest BCUT2D eigenvalue weighted by Crippen LogP contribution is 2.33. The molecule has 0 spiro atoms. The number of thioether (sulfide) groups is 1. The molecule has 0 aliphatic rings. The minimum Gasteiger partial charge on any atom is -0.495 e. The number of hydrogen-bond donors (Lipinski definition) is 1. The second-order valence-electron chi connectivity index (χ2n) is 7.46. The van der Waals surface area contributed by atoms with E-state index in [0.717, 1.165) is 5.56 Å². The van der Waals surface area contributed by atoms with Gasteiger partial charge in [-0.15, -0.1) is 0 Å². The van der Waals surface area contributed by atoms with Gasteiger partial charge in [-0.05, 0) is 42.8 Å². The van der Waals surface area contributed by atoms with Gasteiger partial charge in [-0.2, -0.15) is 0 Å². The van der Waals surface area contributed by atoms with Crippen molar-refractivity contribution in [2.45, 2.75) is 18.1 Å². The van der Waals surface area contributed by atoms with Crippen molar-refractivity contribution in [1.82, 2.24) is 14.9 Å². The lowest BCUT2D eigenvalue weighted by atomic mass is 10.1. The molecule has 0 saturated heterocycles. The van der Waals surface area contributed by atoms with Crippen LogP contribution in [0.3, 0.4) is 0 Å². The summed E-state index contributed by atoms with van der Waals surface area (Å²) < 4.78 is 20.5. The number of hydrogen-bond acceptors (Lipinski definition) is 6. The van der Waals surface area contributed by atoms with Crippen LogP contribution in [0.1, 0.15) is 18.5 Å². The number of para-hydroxylation sites is 2. The highest BCUT2D eigenvalue weighted by atomic mass is 32.2. The third-order valence-electron chi connectivity index (χ3n) is 5.22. The first-order valence-corrected chi connectivity index (χ1v) is 11.3. The Balaban J connectivity index is 1.62. The molecule has 0 unspecified atom stereocenters. The van der Waals surface area contributed by atoms with Crippen LogP contribution >= 0.6 is 11.8 Å². The Morgan fingerprint density at radius 1 is 1.21 bits per heavy atom. The van der Waals surface area contributed by atoms with Crippen molar-refractivity contribution >= 4 is 34.4 Å². The van der Waals surface area contributed by atoms with Crippen molar-refractivity contribution in [1.29, 1.82) is 0 Å². The number of fused-ring (bicyclic) bond motifs is 1. The molecule has 1 aromatic heterocycles. The number of rotatable bonds is 8. The number of nitro benzene ring substituents is 1. The van der Waals surface area contributed by atoms with Crippen LogP contribution in [-0.4, -0.2) is 33.2 Å². The van der Waals surface area contributed by atoms with E-state index in [9.17, 15) is 19.3 Å². The van der Waals surface area contributed by atoms with E-state index in [0.29, 0.717) is 27.6 Å². The maximum Gasteiger partial charge on any atom is 0.271 e. The standard InChI is InChI=1S/C24H21FN4O4S/c1-15(16-7-9-17(25)10-8-16)26-23(30)14-34-24-27-19-13-18(29(31)32)11-12-20(19)28(24)21-5-3-4-6-22(21)33-2/h3-13,15H,14H2,1-2H3,(H,26,30)/t15-/m0/s1. The van der Waals surface area contributed by atoms with Crippen LogP contribution in [0.4, 0.5) is 10.1 Å². The SMILES string of the molecule is COc1ccccc1-n1c(SCC(=O)N[C@@H](C)c2ccc(F)cc2)nc2cc([N+](=O)[O-])ccc21. The highest BCUT2D eigenvalue weighted by Gasteiger charge is 2.20. The Bertz CT molecular complexity index is 1360. The Hall–Kier alpha value is -3.92. The fourth-order valence-corrected chi connectivity index (χ4v) is 4.38. The van der Waals surface area contributed by atoms with Gasteiger partial charge in [0.15, 0.2) is 5.16 Å². The first kappa shape index (κ1) is 23.2. The molecule has 8 nitrogen and oxygen atoms in total. The summed E-state index contributed by atoms with van der Waals surface area (Å²) in [5, 5.41) is 14.6. The first-order chi connectivity index (χ1) is 16.4. The van der Waals surface area contributed by atoms with Gasteiger partial charge in [-0.1, -0.05) is 36.0 Å². The summed E-state index contributed by atoms with van der Waals surface area (Å²) in [4.78, 5) is 28.0. The molecule has 1 N–H and O–H groups in total. The van der Waals surface area contributed by atoms with Crippen molar-refractivity contribution in [2.75, 3.05) is 12.9 Å². The second-order valence-corrected chi connectivity index (χ2v) is 8.40. The average Bonchev–Trinajstić information content (AvgIpc) is 3.20. The van der Waals surface area contributed by atoms with E-state index in [1.165, 1.54) is 36.0 Å². The van der Waals surface area contributed by atoms with Gasteiger partial charge in [0.1, 0.15) is 11.6 Å². The number of ether oxygens (including phenoxy) is 1. The number of halogens is 1. The van der Waals surface area contributed by atoms with Gasteiger partial charge in [-0.25, -0.2) is 9.37 Å². The number of aromatic nitrogens is 2. The summed E-state index contributed by atoms with van der Waals surface area (Å²) in [6, 6.07) is 17.4. The van der Waals surface area contributed by atoms with Gasteiger partial charge in [0.2, 0.25) is 5.91 Å². The number of carbonyl (C=O) groups is 1. The minimum atomic E-state index is -0.474. The van der Waals surface area contributed by atoms with Crippen LogP contribution < -0.4 is 10.1 Å². The first-order valence-electron chi connectivity index (χ1n) is 10.4. The summed E-state index contributed by atoms with van der Waals surface area (Å²) in [7, 11) is 1.56. The molecular formula is C24H21FN4O4S. The van der Waals surface area contributed by atoms with Crippen molar-refractivity contribution in [2.24, 2.45) is 0 Å². The van der Waals surface area contributed by atoms with Gasteiger partial charge < -0.3 is 10.1 Å². The van der Waals surface area contributed by atoms with E-state index in [1.54, 1.807) is 31.4 Å². The molecule has 3 aromatic carbocycles. The predicted octanol–water partition coefficient (Wildman–Crippen LogP) is 5.05. The molecule has 0 aliphatic carbocycles. The number of nitrogens with zero attached hydrogens (tertiary/aromatic N) is 3. The van der Waals surface area contributed by atoms with E-state index < -0.39 is 4.92 Å². The molecular weight excluding hydrogens is 459 g/mol. The third kappa shape index (κ3) is 4.86. The molecule has 34 heavy (non-hydrogen) atoms. The number of imidazole rings is 1. The number of nitro groups is 1. The fourth-order valence-electron chi connectivity index (χ4n) is 3.55. The van der Waals surface area contributed by atoms with Gasteiger partial charge in [0.05, 0.1) is 40.5 Å². The average molecular weight is 481 g/mol. The molecule has 0 bridgehead atoms. The summed E-state index contributed by atoms with van der Waals surface area (Å²) in [6.07, 6.45) is 0. The fraction of sp³-hybridized carbons (Fsp3) is 0.167. The van der Waals surface area contributed by atoms with Crippen LogP contribution in [0.2, 0.25) is 0 Å². The minimum absolute atomic E-state index is 0.0616. The van der Waals surface area contributed by atoms with Gasteiger partial charge in [0, 0.05) is 12.1 Å². The number of carbonyl (C=O) groups excluding carboxylic acids is 1. The van der Waals surface area contributed by atoms with E-state index in [2.05, 4.69) is 10.3 Å². The lowest BCUT2D eigenvalue weighted by molar-refractivity contribution is -0.384. The molecule has 0 aliphatic heterocycles. The lowest BCUT2D eigenvalue weighted by Gasteiger charge is -2.15. The van der Waals surface area contributed by atoms with Gasteiger partial charge in [0.25, 0.3) is 5.69 Å². The van der Waals surface area contributed by atoms with Crippen molar-refractivity contribution < 1.29 is 18.8 Å². The number of non-ortho nitro benzene ring substituents is 1. The lowest BCUT2D eigenvalue weighted by Crippen LogP contribution is -2.28. The third-order valence-corrected chi connectivity index (χ3v) is 6.16. The van der Waals surface area contributed by atoms with Crippen LogP contribution in [0.5, 0.6) is 5.75 Å². The number of methoxy groups -OCH3 is 1. The van der Waals surface area contributed by atoms with Crippen LogP contribution in [0, 0.1) is 15.9 Å². The summed E-state index contributed by atoms with van der Waals surface area (Å²) in [6.45, 7) is 1.82. The zero-order chi connectivity index (χ0) is 24.2. The molecule has 1 amide bonds. The van der Waals surface area contributed by atoms with E-state index in [-0.39, 0.29) is 29.2 Å². The Labute approximate surface area is 198 Å². The van der Waals surface area contributed by atoms with Crippen LogP contribution in [0.25, 0.3) is 16.7 Å². The summed E-state index contributed by atoms with van der Waals surface area (Å²) >= 11 is 1.20. The molecule has 0 fully saturated rings. The second kappa shape index (κ2) is 9.92. The quantitative estimate of drug-likeness (QED) is 0.215. The van der Waals surface area contributed by atoms with Crippen LogP contribution in [-0.2, 0) is 4.79 Å². The summed E-state index contributed by atoms with van der Waals surface area (Å²) in [5.41, 5.74) is 2.50. The van der Waals surface area contributed by atoms with Gasteiger partial charge >= 0.3 is 0 Å². The molecule has 174 valence electrons. The van der Waals surface area contributed by atoms with Crippen LogP contribution in [0.15, 0.2) is 71.9 Å². The van der Waals surface area contributed by atoms with Crippen molar-refractivity contribution in [3.05, 3.63) is 88.2 Å². The topological polar surface area (TPSA) is 99.3 Å². The largest absolute Gasteiger partial charge is 0.495 e. The van der Waals surface area contributed by atoms with E-state index in [4.69, 9.17) is 4.74 Å². The predicted molar refractivity (Wildman–Crippen MR) is 128 cm³/mol. The van der Waals surface area contributed by atoms with Gasteiger partial charge in [-0.3, -0.25) is 19.5 Å². The maximum absolute atomic E-state index is 13.2. The normalized spacial score (nSPS) is 11.9. The Morgan fingerprint density at radius 3 is 2.65 bits per heavy atom. The number of amides is 1. The molecule has 4 rings (SSSR count). The van der Waals surface area contributed by atoms with Crippen molar-refractivity contribution in [3.63, 3.8) is 0 Å². The monoisotopic (exact) mass is 480 g/mol. The zero-order valence-corrected chi connectivity index (χ0v) is 19.2. The Kier molecular flexibility index (Phi) is 6.78. The number of benzene rings is 3. The summed E-state index contributed by atoms with van der Waals surface area (Å²) in [5.74, 6) is 0.0858. The Morgan fingerprint density at radius 2 is 1.94 bits per heavy atom. The molecule has 0 saturated carbocycles. The van der Waals surface area contributed by atoms with Crippen molar-refractivity contribution in [3.8, 4) is 11.4 Å². The van der Waals surface area contributed by atoms with E-state index in [1.807, 2.05) is 29.7 Å².